The van der Waals surface area contributed by atoms with Crippen molar-refractivity contribution >= 4 is 18.3 Å². The van der Waals surface area contributed by atoms with Gasteiger partial charge in [-0.25, -0.2) is 0 Å². The van der Waals surface area contributed by atoms with Gasteiger partial charge in [0.15, 0.2) is 0 Å². The Morgan fingerprint density at radius 3 is 2.09 bits per heavy atom. The monoisotopic (exact) mass is 177 g/mol. The zero-order valence-corrected chi connectivity index (χ0v) is 7.99. The van der Waals surface area contributed by atoms with E-state index in [-0.39, 0.29) is 12.4 Å². The second-order valence-electron chi connectivity index (χ2n) is 3.21. The molecule has 0 aromatic rings. The molecule has 1 fully saturated rings. The van der Waals surface area contributed by atoms with Crippen LogP contribution in [0.4, 0.5) is 0 Å². The number of rotatable bonds is 1. The van der Waals surface area contributed by atoms with Crippen molar-refractivity contribution in [2.24, 2.45) is 5.92 Å². The molecule has 0 aromatic heterocycles. The Labute approximate surface area is 74.4 Å². The third-order valence-corrected chi connectivity index (χ3v) is 2.15. The molecule has 1 amide bonds. The third kappa shape index (κ3) is 2.70. The van der Waals surface area contributed by atoms with Crippen LogP contribution in [0.15, 0.2) is 0 Å². The molecular weight excluding hydrogens is 162 g/mol. The van der Waals surface area contributed by atoms with E-state index >= 15 is 0 Å². The second kappa shape index (κ2) is 4.60. The minimum Gasteiger partial charge on any atom is -0.349 e. The first-order valence-corrected chi connectivity index (χ1v) is 3.93. The fourth-order valence-corrected chi connectivity index (χ4v) is 1.54. The topological polar surface area (TPSA) is 20.3 Å². The van der Waals surface area contributed by atoms with Gasteiger partial charge in [-0.3, -0.25) is 4.79 Å². The lowest BCUT2D eigenvalue weighted by molar-refractivity contribution is -0.132. The second-order valence-corrected chi connectivity index (χ2v) is 3.21. The fourth-order valence-electron chi connectivity index (χ4n) is 1.54. The molecule has 11 heavy (non-hydrogen) atoms. The maximum atomic E-state index is 11.3. The van der Waals surface area contributed by atoms with Gasteiger partial charge in [0.25, 0.3) is 0 Å². The summed E-state index contributed by atoms with van der Waals surface area (Å²) in [5.74, 6) is 0.660. The van der Waals surface area contributed by atoms with Gasteiger partial charge in [-0.05, 0) is 12.8 Å². The number of hydrogen-bond donors (Lipinski definition) is 0. The Bertz CT molecular complexity index is 130. The minimum atomic E-state index is 0. The van der Waals surface area contributed by atoms with Gasteiger partial charge in [0.05, 0.1) is 0 Å². The van der Waals surface area contributed by atoms with Crippen LogP contribution in [0.2, 0.25) is 0 Å². The average Bonchev–Trinajstić information content (AvgIpc) is 2.36. The standard InChI is InChI=1S/C8H15NO.ClH/c1-9(2)8(10)7-5-3-4-6-7;/h7H,3-6H2,1-2H3;1H. The Kier molecular flexibility index (Phi) is 4.50. The predicted molar refractivity (Wildman–Crippen MR) is 47.9 cm³/mol. The molecule has 1 rings (SSSR count). The van der Waals surface area contributed by atoms with Crippen molar-refractivity contribution in [1.82, 2.24) is 4.90 Å². The van der Waals surface area contributed by atoms with E-state index in [1.807, 2.05) is 14.1 Å². The molecule has 3 heteroatoms. The van der Waals surface area contributed by atoms with Crippen molar-refractivity contribution in [3.63, 3.8) is 0 Å². The molecule has 0 unspecified atom stereocenters. The first kappa shape index (κ1) is 10.8. The Morgan fingerprint density at radius 1 is 1.27 bits per heavy atom. The normalized spacial score (nSPS) is 17.6. The van der Waals surface area contributed by atoms with E-state index < -0.39 is 0 Å². The van der Waals surface area contributed by atoms with Crippen LogP contribution < -0.4 is 0 Å². The molecule has 0 aromatic carbocycles. The number of amides is 1. The van der Waals surface area contributed by atoms with Crippen LogP contribution in [0.5, 0.6) is 0 Å². The molecular formula is C8H16ClNO. The van der Waals surface area contributed by atoms with Crippen molar-refractivity contribution in [3.05, 3.63) is 0 Å². The van der Waals surface area contributed by atoms with Crippen molar-refractivity contribution in [1.29, 1.82) is 0 Å². The zero-order chi connectivity index (χ0) is 7.56. The Morgan fingerprint density at radius 2 is 1.73 bits per heavy atom. The van der Waals surface area contributed by atoms with E-state index in [0.717, 1.165) is 12.8 Å². The number of halogens is 1. The van der Waals surface area contributed by atoms with Gasteiger partial charge in [0.2, 0.25) is 5.91 Å². The summed E-state index contributed by atoms with van der Waals surface area (Å²) in [4.78, 5) is 13.0. The summed E-state index contributed by atoms with van der Waals surface area (Å²) in [7, 11) is 3.67. The maximum Gasteiger partial charge on any atom is 0.225 e. The van der Waals surface area contributed by atoms with Crippen molar-refractivity contribution < 1.29 is 4.79 Å². The largest absolute Gasteiger partial charge is 0.349 e. The summed E-state index contributed by atoms with van der Waals surface area (Å²) in [6.45, 7) is 0. The van der Waals surface area contributed by atoms with Crippen molar-refractivity contribution in [2.45, 2.75) is 25.7 Å². The molecule has 0 aliphatic heterocycles. The van der Waals surface area contributed by atoms with Crippen LogP contribution in [0, 0.1) is 5.92 Å². The predicted octanol–water partition coefficient (Wildman–Crippen LogP) is 1.69. The van der Waals surface area contributed by atoms with E-state index in [1.165, 1.54) is 12.8 Å². The fraction of sp³-hybridized carbons (Fsp3) is 0.875. The highest BCUT2D eigenvalue weighted by Gasteiger charge is 2.23. The van der Waals surface area contributed by atoms with E-state index in [1.54, 1.807) is 4.90 Å². The van der Waals surface area contributed by atoms with Crippen LogP contribution in [0.25, 0.3) is 0 Å². The SMILES string of the molecule is CN(C)C(=O)C1CCCC1.Cl. The van der Waals surface area contributed by atoms with Gasteiger partial charge in [0, 0.05) is 20.0 Å². The summed E-state index contributed by atoms with van der Waals surface area (Å²) < 4.78 is 0. The smallest absolute Gasteiger partial charge is 0.225 e. The van der Waals surface area contributed by atoms with Crippen LogP contribution in [0.3, 0.4) is 0 Å². The molecule has 0 atom stereocenters. The Balaban J connectivity index is 0.000001000. The highest BCUT2D eigenvalue weighted by molar-refractivity contribution is 5.85. The average molecular weight is 178 g/mol. The van der Waals surface area contributed by atoms with Crippen LogP contribution in [0.1, 0.15) is 25.7 Å². The highest BCUT2D eigenvalue weighted by Crippen LogP contribution is 2.25. The summed E-state index contributed by atoms with van der Waals surface area (Å²) in [5, 5.41) is 0. The zero-order valence-electron chi connectivity index (χ0n) is 7.17. The third-order valence-electron chi connectivity index (χ3n) is 2.15. The van der Waals surface area contributed by atoms with E-state index in [4.69, 9.17) is 0 Å². The molecule has 1 aliphatic rings. The molecule has 66 valence electrons. The quantitative estimate of drug-likeness (QED) is 0.597. The molecule has 2 nitrogen and oxygen atoms in total. The lowest BCUT2D eigenvalue weighted by Gasteiger charge is -2.14. The molecule has 0 N–H and O–H groups in total. The molecule has 0 bridgehead atoms. The van der Waals surface area contributed by atoms with Crippen LogP contribution >= 0.6 is 12.4 Å². The van der Waals surface area contributed by atoms with Gasteiger partial charge < -0.3 is 4.90 Å². The van der Waals surface area contributed by atoms with Gasteiger partial charge in [0.1, 0.15) is 0 Å². The maximum absolute atomic E-state index is 11.3. The van der Waals surface area contributed by atoms with Gasteiger partial charge in [-0.1, -0.05) is 12.8 Å². The van der Waals surface area contributed by atoms with Gasteiger partial charge in [-0.15, -0.1) is 12.4 Å². The lowest BCUT2D eigenvalue weighted by atomic mass is 10.1. The number of carbonyl (C=O) groups excluding carboxylic acids is 1. The van der Waals surface area contributed by atoms with E-state index in [0.29, 0.717) is 11.8 Å². The molecule has 0 heterocycles. The molecule has 0 radical (unpaired) electrons. The minimum absolute atomic E-state index is 0. The van der Waals surface area contributed by atoms with E-state index in [2.05, 4.69) is 0 Å². The van der Waals surface area contributed by atoms with E-state index in [9.17, 15) is 4.79 Å². The number of nitrogens with zero attached hydrogens (tertiary/aromatic N) is 1. The van der Waals surface area contributed by atoms with Gasteiger partial charge in [-0.2, -0.15) is 0 Å². The number of carbonyl (C=O) groups is 1. The number of hydrogen-bond acceptors (Lipinski definition) is 1. The molecule has 1 aliphatic carbocycles. The summed E-state index contributed by atoms with van der Waals surface area (Å²) in [6, 6.07) is 0. The molecule has 1 saturated carbocycles. The molecule has 0 saturated heterocycles. The first-order chi connectivity index (χ1) is 4.72. The lowest BCUT2D eigenvalue weighted by Crippen LogP contribution is -2.27. The summed E-state index contributed by atoms with van der Waals surface area (Å²) in [5.41, 5.74) is 0. The van der Waals surface area contributed by atoms with Crippen molar-refractivity contribution in [2.75, 3.05) is 14.1 Å². The van der Waals surface area contributed by atoms with Crippen LogP contribution in [-0.4, -0.2) is 24.9 Å². The van der Waals surface area contributed by atoms with Crippen LogP contribution in [-0.2, 0) is 4.79 Å². The highest BCUT2D eigenvalue weighted by atomic mass is 35.5. The summed E-state index contributed by atoms with van der Waals surface area (Å²) in [6.07, 6.45) is 4.70. The molecule has 0 spiro atoms. The van der Waals surface area contributed by atoms with Crippen molar-refractivity contribution in [3.8, 4) is 0 Å². The first-order valence-electron chi connectivity index (χ1n) is 3.93. The summed E-state index contributed by atoms with van der Waals surface area (Å²) >= 11 is 0. The Hall–Kier alpha value is -0.240. The van der Waals surface area contributed by atoms with Gasteiger partial charge >= 0.3 is 0 Å².